The molecule has 0 saturated carbocycles. The standard InChI is InChI=1S/C16H18FNO3/c17-13-7-1-4-11-10-14(21-15(11)13)16(20)18-8-2-5-12(18)6-3-9-19/h1,4,7,10,12,19H,2-3,5-6,8-9H2. The first kappa shape index (κ1) is 14.1. The van der Waals surface area contributed by atoms with Crippen LogP contribution in [0.2, 0.25) is 0 Å². The van der Waals surface area contributed by atoms with Gasteiger partial charge in [0.1, 0.15) is 0 Å². The van der Waals surface area contributed by atoms with E-state index in [4.69, 9.17) is 9.52 Å². The van der Waals surface area contributed by atoms with Gasteiger partial charge in [-0.2, -0.15) is 0 Å². The van der Waals surface area contributed by atoms with Gasteiger partial charge in [0.25, 0.3) is 5.91 Å². The van der Waals surface area contributed by atoms with Crippen LogP contribution in [0.25, 0.3) is 11.0 Å². The maximum absolute atomic E-state index is 13.6. The molecular weight excluding hydrogens is 273 g/mol. The molecule has 0 radical (unpaired) electrons. The third-order valence-corrected chi connectivity index (χ3v) is 4.04. The molecule has 1 aromatic heterocycles. The summed E-state index contributed by atoms with van der Waals surface area (Å²) < 4.78 is 19.0. The van der Waals surface area contributed by atoms with E-state index in [2.05, 4.69) is 0 Å². The predicted octanol–water partition coefficient (Wildman–Crippen LogP) is 2.95. The molecule has 1 atom stereocenters. The first-order chi connectivity index (χ1) is 10.2. The van der Waals surface area contributed by atoms with E-state index in [1.54, 1.807) is 23.1 Å². The summed E-state index contributed by atoms with van der Waals surface area (Å²) in [6.45, 7) is 0.822. The first-order valence-corrected chi connectivity index (χ1v) is 7.30. The number of carbonyl (C=O) groups excluding carboxylic acids is 1. The lowest BCUT2D eigenvalue weighted by Crippen LogP contribution is -2.35. The van der Waals surface area contributed by atoms with Gasteiger partial charge in [-0.15, -0.1) is 0 Å². The topological polar surface area (TPSA) is 53.7 Å². The Morgan fingerprint density at radius 2 is 2.33 bits per heavy atom. The lowest BCUT2D eigenvalue weighted by molar-refractivity contribution is 0.0694. The van der Waals surface area contributed by atoms with Crippen LogP contribution in [0.5, 0.6) is 0 Å². The van der Waals surface area contributed by atoms with Crippen molar-refractivity contribution in [3.63, 3.8) is 0 Å². The molecule has 0 aliphatic carbocycles. The molecule has 2 aromatic rings. The van der Waals surface area contributed by atoms with E-state index in [-0.39, 0.29) is 29.9 Å². The number of furan rings is 1. The molecule has 4 nitrogen and oxygen atoms in total. The highest BCUT2D eigenvalue weighted by Crippen LogP contribution is 2.27. The van der Waals surface area contributed by atoms with Crippen molar-refractivity contribution in [3.8, 4) is 0 Å². The molecule has 112 valence electrons. The Balaban J connectivity index is 1.84. The van der Waals surface area contributed by atoms with Crippen LogP contribution in [-0.2, 0) is 0 Å². The third-order valence-electron chi connectivity index (χ3n) is 4.04. The largest absolute Gasteiger partial charge is 0.448 e. The van der Waals surface area contributed by atoms with Gasteiger partial charge in [0, 0.05) is 24.6 Å². The number of carbonyl (C=O) groups is 1. The van der Waals surface area contributed by atoms with Gasteiger partial charge >= 0.3 is 0 Å². The Hall–Kier alpha value is -1.88. The summed E-state index contributed by atoms with van der Waals surface area (Å²) >= 11 is 0. The SMILES string of the molecule is O=C(c1cc2cccc(F)c2o1)N1CCCC1CCCO. The van der Waals surface area contributed by atoms with Crippen molar-refractivity contribution in [2.75, 3.05) is 13.2 Å². The molecule has 1 N–H and O–H groups in total. The Labute approximate surface area is 122 Å². The number of para-hydroxylation sites is 1. The highest BCUT2D eigenvalue weighted by atomic mass is 19.1. The number of aliphatic hydroxyl groups excluding tert-OH is 1. The zero-order valence-electron chi connectivity index (χ0n) is 11.7. The van der Waals surface area contributed by atoms with Gasteiger partial charge in [0.2, 0.25) is 0 Å². The number of aliphatic hydroxyl groups is 1. The minimum atomic E-state index is -0.454. The van der Waals surface area contributed by atoms with Gasteiger partial charge in [-0.25, -0.2) is 4.39 Å². The number of amides is 1. The molecular formula is C16H18FNO3. The number of hydrogen-bond donors (Lipinski definition) is 1. The van der Waals surface area contributed by atoms with Crippen LogP contribution in [0.4, 0.5) is 4.39 Å². The minimum absolute atomic E-state index is 0.131. The Kier molecular flexibility index (Phi) is 3.92. The van der Waals surface area contributed by atoms with Gasteiger partial charge in [-0.3, -0.25) is 4.79 Å². The number of halogens is 1. The van der Waals surface area contributed by atoms with Crippen molar-refractivity contribution < 1.29 is 18.7 Å². The molecule has 1 aliphatic heterocycles. The van der Waals surface area contributed by atoms with Crippen LogP contribution in [0.1, 0.15) is 36.2 Å². The molecule has 0 bridgehead atoms. The molecule has 1 saturated heterocycles. The summed E-state index contributed by atoms with van der Waals surface area (Å²) in [5.74, 6) is -0.457. The van der Waals surface area contributed by atoms with E-state index in [1.165, 1.54) is 6.07 Å². The van der Waals surface area contributed by atoms with Crippen molar-refractivity contribution in [1.29, 1.82) is 0 Å². The van der Waals surface area contributed by atoms with E-state index >= 15 is 0 Å². The lowest BCUT2D eigenvalue weighted by atomic mass is 10.1. The summed E-state index contributed by atoms with van der Waals surface area (Å²) in [6, 6.07) is 6.39. The average molecular weight is 291 g/mol. The maximum Gasteiger partial charge on any atom is 0.289 e. The van der Waals surface area contributed by atoms with Crippen molar-refractivity contribution in [2.24, 2.45) is 0 Å². The number of likely N-dealkylation sites (tertiary alicyclic amines) is 1. The lowest BCUT2D eigenvalue weighted by Gasteiger charge is -2.23. The highest BCUT2D eigenvalue weighted by molar-refractivity contribution is 5.96. The van der Waals surface area contributed by atoms with Crippen LogP contribution in [0.3, 0.4) is 0 Å². The second-order valence-corrected chi connectivity index (χ2v) is 5.43. The average Bonchev–Trinajstić information content (AvgIpc) is 3.11. The van der Waals surface area contributed by atoms with E-state index in [0.717, 1.165) is 19.3 Å². The van der Waals surface area contributed by atoms with E-state index in [0.29, 0.717) is 18.4 Å². The summed E-state index contributed by atoms with van der Waals surface area (Å²) in [6.07, 6.45) is 3.37. The quantitative estimate of drug-likeness (QED) is 0.942. The number of fused-ring (bicyclic) bond motifs is 1. The van der Waals surface area contributed by atoms with Gasteiger partial charge in [-0.1, -0.05) is 12.1 Å². The first-order valence-electron chi connectivity index (χ1n) is 7.30. The van der Waals surface area contributed by atoms with E-state index in [9.17, 15) is 9.18 Å². The molecule has 2 heterocycles. The number of hydrogen-bond acceptors (Lipinski definition) is 3. The molecule has 1 aromatic carbocycles. The minimum Gasteiger partial charge on any atom is -0.448 e. The molecule has 21 heavy (non-hydrogen) atoms. The number of nitrogens with zero attached hydrogens (tertiary/aromatic N) is 1. The molecule has 1 unspecified atom stereocenters. The highest BCUT2D eigenvalue weighted by Gasteiger charge is 2.30. The van der Waals surface area contributed by atoms with Gasteiger partial charge in [0.05, 0.1) is 0 Å². The van der Waals surface area contributed by atoms with E-state index in [1.807, 2.05) is 0 Å². The summed E-state index contributed by atoms with van der Waals surface area (Å²) in [7, 11) is 0. The fourth-order valence-electron chi connectivity index (χ4n) is 3.00. The molecule has 1 aliphatic rings. The number of benzene rings is 1. The molecule has 3 rings (SSSR count). The Morgan fingerprint density at radius 3 is 3.10 bits per heavy atom. The van der Waals surface area contributed by atoms with Gasteiger partial charge in [-0.05, 0) is 37.8 Å². The van der Waals surface area contributed by atoms with Crippen LogP contribution >= 0.6 is 0 Å². The molecule has 1 amide bonds. The van der Waals surface area contributed by atoms with E-state index < -0.39 is 5.82 Å². The Bertz CT molecular complexity index is 652. The fourth-order valence-corrected chi connectivity index (χ4v) is 3.00. The normalized spacial score (nSPS) is 18.6. The molecule has 0 spiro atoms. The third kappa shape index (κ3) is 2.65. The van der Waals surface area contributed by atoms with Crippen molar-refractivity contribution in [1.82, 2.24) is 4.90 Å². The summed E-state index contributed by atoms with van der Waals surface area (Å²) in [4.78, 5) is 14.3. The second-order valence-electron chi connectivity index (χ2n) is 5.43. The smallest absolute Gasteiger partial charge is 0.289 e. The number of rotatable bonds is 4. The summed E-state index contributed by atoms with van der Waals surface area (Å²) in [5, 5.41) is 9.53. The zero-order valence-corrected chi connectivity index (χ0v) is 11.7. The summed E-state index contributed by atoms with van der Waals surface area (Å²) in [5.41, 5.74) is 0.131. The van der Waals surface area contributed by atoms with Crippen LogP contribution in [-0.4, -0.2) is 35.1 Å². The van der Waals surface area contributed by atoms with Crippen molar-refractivity contribution in [3.05, 3.63) is 35.8 Å². The maximum atomic E-state index is 13.6. The van der Waals surface area contributed by atoms with Crippen LogP contribution < -0.4 is 0 Å². The fraction of sp³-hybridized carbons (Fsp3) is 0.438. The van der Waals surface area contributed by atoms with Crippen molar-refractivity contribution in [2.45, 2.75) is 31.7 Å². The van der Waals surface area contributed by atoms with Crippen LogP contribution in [0.15, 0.2) is 28.7 Å². The Morgan fingerprint density at radius 1 is 1.48 bits per heavy atom. The van der Waals surface area contributed by atoms with Crippen molar-refractivity contribution >= 4 is 16.9 Å². The van der Waals surface area contributed by atoms with Crippen LogP contribution in [0, 0.1) is 5.82 Å². The van der Waals surface area contributed by atoms with Gasteiger partial charge < -0.3 is 14.4 Å². The molecule has 1 fully saturated rings. The molecule has 5 heteroatoms. The predicted molar refractivity (Wildman–Crippen MR) is 76.6 cm³/mol. The second kappa shape index (κ2) is 5.85. The van der Waals surface area contributed by atoms with Gasteiger partial charge in [0.15, 0.2) is 17.2 Å². The zero-order chi connectivity index (χ0) is 14.8. The monoisotopic (exact) mass is 291 g/mol.